The van der Waals surface area contributed by atoms with Crippen LogP contribution in [0, 0.1) is 0 Å². The van der Waals surface area contributed by atoms with E-state index in [2.05, 4.69) is 0 Å². The molecule has 0 radical (unpaired) electrons. The molecule has 1 amide bonds. The number of nitrogens with zero attached hydrogens (tertiary/aromatic N) is 1. The average molecular weight is 211 g/mol. The van der Waals surface area contributed by atoms with Crippen molar-refractivity contribution in [1.82, 2.24) is 4.90 Å². The molecular formula is C11H17NO3. The number of amides is 1. The molecule has 15 heavy (non-hydrogen) atoms. The van der Waals surface area contributed by atoms with Crippen LogP contribution in [0.5, 0.6) is 0 Å². The largest absolute Gasteiger partial charge is 0.363 e. The second-order valence-electron chi connectivity index (χ2n) is 4.42. The number of hydrogen-bond donors (Lipinski definition) is 0. The van der Waals surface area contributed by atoms with Crippen molar-refractivity contribution in [1.29, 1.82) is 0 Å². The quantitative estimate of drug-likeness (QED) is 0.602. The lowest BCUT2D eigenvalue weighted by molar-refractivity contribution is -0.133. The molecule has 1 aliphatic rings. The van der Waals surface area contributed by atoms with Gasteiger partial charge in [-0.3, -0.25) is 9.59 Å². The summed E-state index contributed by atoms with van der Waals surface area (Å²) >= 11 is 0. The maximum atomic E-state index is 11.8. The van der Waals surface area contributed by atoms with Crippen molar-refractivity contribution >= 4 is 11.7 Å². The first-order valence-electron chi connectivity index (χ1n) is 4.87. The van der Waals surface area contributed by atoms with Gasteiger partial charge in [-0.1, -0.05) is 0 Å². The Morgan fingerprint density at radius 3 is 2.40 bits per heavy atom. The van der Waals surface area contributed by atoms with E-state index in [1.807, 2.05) is 13.8 Å². The number of likely N-dealkylation sites (N-methyl/N-ethyl adjacent to an activating group) is 1. The third-order valence-electron chi connectivity index (χ3n) is 2.74. The lowest BCUT2D eigenvalue weighted by Gasteiger charge is -2.32. The predicted molar refractivity (Wildman–Crippen MR) is 56.4 cm³/mol. The van der Waals surface area contributed by atoms with Gasteiger partial charge in [0.1, 0.15) is 6.61 Å². The van der Waals surface area contributed by atoms with Gasteiger partial charge in [0.25, 0.3) is 5.91 Å². The zero-order chi connectivity index (χ0) is 11.8. The van der Waals surface area contributed by atoms with Gasteiger partial charge in [0.2, 0.25) is 0 Å². The normalized spacial score (nSPS) is 20.5. The van der Waals surface area contributed by atoms with E-state index in [1.165, 1.54) is 4.90 Å². The molecule has 0 saturated carbocycles. The summed E-state index contributed by atoms with van der Waals surface area (Å²) in [5, 5.41) is 0. The summed E-state index contributed by atoms with van der Waals surface area (Å²) in [6, 6.07) is 0. The van der Waals surface area contributed by atoms with Crippen molar-refractivity contribution in [2.24, 2.45) is 0 Å². The summed E-state index contributed by atoms with van der Waals surface area (Å²) in [5.74, 6) is -0.473. The summed E-state index contributed by atoms with van der Waals surface area (Å²) in [6.07, 6.45) is 0. The molecule has 0 saturated heterocycles. The van der Waals surface area contributed by atoms with Crippen LogP contribution in [-0.2, 0) is 14.3 Å². The van der Waals surface area contributed by atoms with Crippen LogP contribution in [0.4, 0.5) is 0 Å². The third-order valence-corrected chi connectivity index (χ3v) is 2.74. The molecule has 0 atom stereocenters. The fourth-order valence-corrected chi connectivity index (χ4v) is 1.44. The standard InChI is InChI=1S/C11H17NO3/c1-7-9(10(14)12(4)5)8(13)6-15-11(7,2)3/h6H2,1-5H3. The zero-order valence-corrected chi connectivity index (χ0v) is 9.88. The number of ketones is 1. The molecule has 1 aliphatic heterocycles. The molecule has 0 aromatic rings. The first-order chi connectivity index (χ1) is 6.77. The molecule has 0 aromatic heterocycles. The number of rotatable bonds is 1. The van der Waals surface area contributed by atoms with Gasteiger partial charge in [0.15, 0.2) is 5.78 Å². The van der Waals surface area contributed by atoms with Crippen LogP contribution in [0.3, 0.4) is 0 Å². The van der Waals surface area contributed by atoms with Crippen LogP contribution >= 0.6 is 0 Å². The monoisotopic (exact) mass is 211 g/mol. The molecule has 0 fully saturated rings. The Hall–Kier alpha value is -1.16. The van der Waals surface area contributed by atoms with E-state index < -0.39 is 5.60 Å². The van der Waals surface area contributed by atoms with Gasteiger partial charge in [-0.2, -0.15) is 0 Å². The molecule has 4 nitrogen and oxygen atoms in total. The maximum Gasteiger partial charge on any atom is 0.257 e. The number of carbonyl (C=O) groups is 2. The molecule has 0 bridgehead atoms. The highest BCUT2D eigenvalue weighted by molar-refractivity contribution is 6.20. The minimum absolute atomic E-state index is 0.0146. The highest BCUT2D eigenvalue weighted by Gasteiger charge is 2.36. The summed E-state index contributed by atoms with van der Waals surface area (Å²) < 4.78 is 5.37. The zero-order valence-electron chi connectivity index (χ0n) is 9.88. The topological polar surface area (TPSA) is 46.6 Å². The van der Waals surface area contributed by atoms with Crippen molar-refractivity contribution in [2.45, 2.75) is 26.4 Å². The second-order valence-corrected chi connectivity index (χ2v) is 4.42. The Morgan fingerprint density at radius 1 is 1.40 bits per heavy atom. The van der Waals surface area contributed by atoms with Crippen molar-refractivity contribution in [2.75, 3.05) is 20.7 Å². The molecule has 0 aromatic carbocycles. The first-order valence-corrected chi connectivity index (χ1v) is 4.87. The van der Waals surface area contributed by atoms with Crippen LogP contribution in [0.2, 0.25) is 0 Å². The molecule has 1 heterocycles. The maximum absolute atomic E-state index is 11.8. The molecule has 4 heteroatoms. The molecule has 0 spiro atoms. The van der Waals surface area contributed by atoms with E-state index in [1.54, 1.807) is 21.0 Å². The Kier molecular flexibility index (Phi) is 3.00. The first kappa shape index (κ1) is 11.9. The molecule has 84 valence electrons. The molecule has 1 rings (SSSR count). The van der Waals surface area contributed by atoms with Gasteiger partial charge in [0.05, 0.1) is 11.2 Å². The van der Waals surface area contributed by atoms with Gasteiger partial charge >= 0.3 is 0 Å². The predicted octanol–water partition coefficient (Wildman–Crippen LogP) is 0.769. The van der Waals surface area contributed by atoms with Crippen LogP contribution in [-0.4, -0.2) is 42.9 Å². The SMILES string of the molecule is CC1=C(C(=O)N(C)C)C(=O)COC1(C)C. The molecule has 0 unspecified atom stereocenters. The van der Waals surface area contributed by atoms with Gasteiger partial charge in [0, 0.05) is 14.1 Å². The van der Waals surface area contributed by atoms with Crippen molar-refractivity contribution in [3.8, 4) is 0 Å². The number of ether oxygens (including phenoxy) is 1. The molecular weight excluding hydrogens is 194 g/mol. The van der Waals surface area contributed by atoms with E-state index in [0.717, 1.165) is 0 Å². The average Bonchev–Trinajstić information content (AvgIpc) is 2.12. The molecule has 0 N–H and O–H groups in total. The summed E-state index contributed by atoms with van der Waals surface area (Å²) in [4.78, 5) is 24.8. The Morgan fingerprint density at radius 2 is 1.93 bits per heavy atom. The Labute approximate surface area is 89.9 Å². The van der Waals surface area contributed by atoms with E-state index in [0.29, 0.717) is 5.57 Å². The molecule has 0 aliphatic carbocycles. The van der Waals surface area contributed by atoms with Crippen molar-refractivity contribution in [3.63, 3.8) is 0 Å². The smallest absolute Gasteiger partial charge is 0.257 e. The Bertz CT molecular complexity index is 340. The van der Waals surface area contributed by atoms with E-state index >= 15 is 0 Å². The van der Waals surface area contributed by atoms with Gasteiger partial charge in [-0.25, -0.2) is 0 Å². The summed E-state index contributed by atoms with van der Waals surface area (Å²) in [6.45, 7) is 5.47. The van der Waals surface area contributed by atoms with E-state index in [4.69, 9.17) is 4.74 Å². The van der Waals surface area contributed by atoms with Crippen LogP contribution < -0.4 is 0 Å². The summed E-state index contributed by atoms with van der Waals surface area (Å²) in [5.41, 5.74) is 0.447. The fourth-order valence-electron chi connectivity index (χ4n) is 1.44. The number of hydrogen-bond acceptors (Lipinski definition) is 3. The van der Waals surface area contributed by atoms with E-state index in [9.17, 15) is 9.59 Å². The summed E-state index contributed by atoms with van der Waals surface area (Å²) in [7, 11) is 3.27. The van der Waals surface area contributed by atoms with E-state index in [-0.39, 0.29) is 23.9 Å². The lowest BCUT2D eigenvalue weighted by atomic mass is 9.89. The number of carbonyl (C=O) groups excluding carboxylic acids is 2. The van der Waals surface area contributed by atoms with Crippen LogP contribution in [0.25, 0.3) is 0 Å². The van der Waals surface area contributed by atoms with Gasteiger partial charge in [-0.15, -0.1) is 0 Å². The van der Waals surface area contributed by atoms with Gasteiger partial charge < -0.3 is 9.64 Å². The highest BCUT2D eigenvalue weighted by atomic mass is 16.5. The van der Waals surface area contributed by atoms with Crippen molar-refractivity contribution in [3.05, 3.63) is 11.1 Å². The number of Topliss-reactive ketones (excluding diaryl/α,β-unsaturated/α-hetero) is 1. The highest BCUT2D eigenvalue weighted by Crippen LogP contribution is 2.28. The fraction of sp³-hybridized carbons (Fsp3) is 0.636. The minimum Gasteiger partial charge on any atom is -0.363 e. The Balaban J connectivity index is 3.22. The van der Waals surface area contributed by atoms with Crippen molar-refractivity contribution < 1.29 is 14.3 Å². The lowest BCUT2D eigenvalue weighted by Crippen LogP contribution is -2.41. The van der Waals surface area contributed by atoms with Crippen LogP contribution in [0.1, 0.15) is 20.8 Å². The minimum atomic E-state index is -0.533. The van der Waals surface area contributed by atoms with Gasteiger partial charge in [-0.05, 0) is 26.3 Å². The third kappa shape index (κ3) is 2.09. The van der Waals surface area contributed by atoms with Crippen LogP contribution in [0.15, 0.2) is 11.1 Å². The second kappa shape index (κ2) is 3.77.